The van der Waals surface area contributed by atoms with Gasteiger partial charge in [-0.25, -0.2) is 44.9 Å². The van der Waals surface area contributed by atoms with Crippen molar-refractivity contribution in [1.29, 1.82) is 0 Å². The van der Waals surface area contributed by atoms with Gasteiger partial charge >= 0.3 is 0 Å². The van der Waals surface area contributed by atoms with E-state index in [0.717, 1.165) is 128 Å². The number of ether oxygens (including phenoxy) is 5. The molecule has 4 aromatic carbocycles. The predicted octanol–water partition coefficient (Wildman–Crippen LogP) is 17.8. The third kappa shape index (κ3) is 23.1. The first-order chi connectivity index (χ1) is 66.2. The number of nitrogens with zero attached hydrogens (tertiary/aromatic N) is 16. The van der Waals surface area contributed by atoms with E-state index >= 15 is 0 Å². The van der Waals surface area contributed by atoms with E-state index in [4.69, 9.17) is 41.7 Å². The van der Waals surface area contributed by atoms with E-state index in [2.05, 4.69) is 114 Å². The van der Waals surface area contributed by atoms with Crippen molar-refractivity contribution < 1.29 is 47.3 Å². The van der Waals surface area contributed by atoms with Crippen LogP contribution in [0, 0.1) is 18.3 Å². The van der Waals surface area contributed by atoms with E-state index in [9.17, 15) is 23.6 Å². The second-order valence-corrected chi connectivity index (χ2v) is 33.8. The summed E-state index contributed by atoms with van der Waals surface area (Å²) in [5.41, 5.74) is 14.4. The SMILES string of the molecule is C#CC(C)(C)c1ccnc(-c2ccnc(Nc3ccc4[nH]c(C(=O)N5CCOCC5)cc4c3)n2)c1.CCCCOc1ccnc(-c2ccnc(Nc3ccc4[nH]c(C(=O)N5CCCOCC5)cc4c3)n2)c1.CN(C)C(=O)c1cc2cc(Nc3nccc(-c4cccc(F)n4)n3)cc(Cl)c2[nH]1.O=C(c1cc2cc(Nc3nccc(-c4cc(OC5CCC5)ccn4)n3)ccc2[nH]1)N1CCCOCC1. The third-order valence-corrected chi connectivity index (χ3v) is 23.3. The number of hydrogen-bond acceptors (Lipinski definition) is 25. The maximum absolute atomic E-state index is 13.4. The van der Waals surface area contributed by atoms with Crippen molar-refractivity contribution in [3.05, 3.63) is 253 Å². The first-order valence-electron chi connectivity index (χ1n) is 45.0. The predicted molar refractivity (Wildman–Crippen MR) is 520 cm³/mol. The van der Waals surface area contributed by atoms with Crippen molar-refractivity contribution in [1.82, 2.24) is 99.3 Å². The Kier molecular flexibility index (Phi) is 29.1. The number of hydrogen-bond donors (Lipinski definition) is 8. The summed E-state index contributed by atoms with van der Waals surface area (Å²) in [7, 11) is 3.36. The summed E-state index contributed by atoms with van der Waals surface area (Å²) < 4.78 is 41.5. The molecule has 3 saturated heterocycles. The van der Waals surface area contributed by atoms with Crippen molar-refractivity contribution in [2.24, 2.45) is 0 Å². The number of terminal acetylenes is 1. The smallest absolute Gasteiger partial charge is 0.270 e. The number of benzene rings is 4. The molecule has 0 radical (unpaired) electrons. The number of carbonyl (C=O) groups is 4. The molecule has 0 unspecified atom stereocenters. The van der Waals surface area contributed by atoms with Crippen molar-refractivity contribution in [3.63, 3.8) is 0 Å². The zero-order valence-corrected chi connectivity index (χ0v) is 76.3. The van der Waals surface area contributed by atoms with Gasteiger partial charge in [-0.1, -0.05) is 36.9 Å². The molecule has 15 heterocycles. The number of aromatic nitrogens is 16. The van der Waals surface area contributed by atoms with Crippen LogP contribution in [0.3, 0.4) is 0 Å². The van der Waals surface area contributed by atoms with Gasteiger partial charge < -0.3 is 84.5 Å². The Labute approximate surface area is 787 Å². The molecule has 35 heteroatoms. The van der Waals surface area contributed by atoms with Crippen LogP contribution in [0.5, 0.6) is 11.5 Å². The second kappa shape index (κ2) is 42.9. The summed E-state index contributed by atoms with van der Waals surface area (Å²) in [5, 5.41) is 16.9. The van der Waals surface area contributed by atoms with Gasteiger partial charge in [0.2, 0.25) is 29.7 Å². The van der Waals surface area contributed by atoms with Gasteiger partial charge in [-0.05, 0) is 210 Å². The number of rotatable bonds is 23. The molecule has 0 atom stereocenters. The molecule has 20 rings (SSSR count). The lowest BCUT2D eigenvalue weighted by Crippen LogP contribution is -2.40. The molecule has 0 spiro atoms. The van der Waals surface area contributed by atoms with Gasteiger partial charge in [0, 0.05) is 183 Å². The molecule has 16 aromatic rings. The molecule has 8 N–H and O–H groups in total. The fraction of sp³-hybridized carbons (Fsp3) is 0.267. The maximum Gasteiger partial charge on any atom is 0.270 e. The van der Waals surface area contributed by atoms with Crippen LogP contribution in [0.2, 0.25) is 5.02 Å². The normalized spacial score (nSPS) is 14.0. The highest BCUT2D eigenvalue weighted by Gasteiger charge is 2.27. The van der Waals surface area contributed by atoms with E-state index in [-0.39, 0.29) is 23.6 Å². The van der Waals surface area contributed by atoms with E-state index < -0.39 is 11.4 Å². The average molecular weight is 1850 g/mol. The minimum atomic E-state index is -0.580. The van der Waals surface area contributed by atoms with E-state index in [1.54, 1.807) is 92.7 Å². The lowest BCUT2D eigenvalue weighted by atomic mass is 9.86. The molecule has 0 bridgehead atoms. The van der Waals surface area contributed by atoms with Crippen LogP contribution in [0.4, 0.5) is 50.9 Å². The van der Waals surface area contributed by atoms with Gasteiger partial charge in [0.05, 0.1) is 101 Å². The summed E-state index contributed by atoms with van der Waals surface area (Å²) >= 11 is 6.38. The van der Waals surface area contributed by atoms with Crippen LogP contribution < -0.4 is 30.7 Å². The number of amides is 4. The second-order valence-electron chi connectivity index (χ2n) is 33.4. The van der Waals surface area contributed by atoms with Gasteiger partial charge in [-0.2, -0.15) is 4.39 Å². The highest BCUT2D eigenvalue weighted by Crippen LogP contribution is 2.35. The lowest BCUT2D eigenvalue weighted by Gasteiger charge is -2.26. The van der Waals surface area contributed by atoms with Crippen molar-refractivity contribution in [3.8, 4) is 69.4 Å². The topological polar surface area (TPSA) is 393 Å². The molecule has 692 valence electrons. The fourth-order valence-electron chi connectivity index (χ4n) is 15.4. The van der Waals surface area contributed by atoms with Crippen LogP contribution in [0.15, 0.2) is 213 Å². The minimum Gasteiger partial charge on any atom is -0.493 e. The Morgan fingerprint density at radius 1 is 0.463 bits per heavy atom. The number of morpholine rings is 1. The number of nitrogens with one attached hydrogen (secondary N) is 8. The van der Waals surface area contributed by atoms with Crippen molar-refractivity contribution in [2.75, 3.05) is 121 Å². The number of pyridine rings is 4. The molecule has 12 aromatic heterocycles. The number of carbonyl (C=O) groups excluding carboxylic acids is 4. The Hall–Kier alpha value is -15.7. The fourth-order valence-corrected chi connectivity index (χ4v) is 15.7. The molecule has 136 heavy (non-hydrogen) atoms. The monoisotopic (exact) mass is 1850 g/mol. The van der Waals surface area contributed by atoms with Gasteiger partial charge in [0.1, 0.15) is 34.3 Å². The first kappa shape index (κ1) is 92.2. The molecule has 1 saturated carbocycles. The number of unbranched alkanes of at least 4 members (excludes halogenated alkanes) is 1. The number of H-pyrrole nitrogens is 4. The summed E-state index contributed by atoms with van der Waals surface area (Å²) in [6.07, 6.45) is 25.1. The van der Waals surface area contributed by atoms with E-state index in [0.29, 0.717) is 183 Å². The molecular formula is C101H100ClFN24O9. The van der Waals surface area contributed by atoms with Crippen molar-refractivity contribution in [2.45, 2.75) is 77.2 Å². The summed E-state index contributed by atoms with van der Waals surface area (Å²) in [4.78, 5) is 123. The molecular weight excluding hydrogens is 1750 g/mol. The Morgan fingerprint density at radius 3 is 1.35 bits per heavy atom. The van der Waals surface area contributed by atoms with Crippen LogP contribution in [-0.4, -0.2) is 229 Å². The average Bonchev–Trinajstić information content (AvgIpc) is 1.65. The van der Waals surface area contributed by atoms with Crippen LogP contribution >= 0.6 is 11.6 Å². The highest BCUT2D eigenvalue weighted by atomic mass is 35.5. The number of halogens is 2. The summed E-state index contributed by atoms with van der Waals surface area (Å²) in [5.74, 6) is 5.34. The third-order valence-electron chi connectivity index (χ3n) is 23.0. The van der Waals surface area contributed by atoms with Crippen molar-refractivity contribution >= 4 is 125 Å². The molecule has 3 aliphatic heterocycles. The van der Waals surface area contributed by atoms with Gasteiger partial charge in [0.15, 0.2) is 0 Å². The van der Waals surface area contributed by atoms with Gasteiger partial charge in [-0.15, -0.1) is 6.42 Å². The highest BCUT2D eigenvalue weighted by molar-refractivity contribution is 6.35. The molecule has 1 aliphatic carbocycles. The first-order valence-corrected chi connectivity index (χ1v) is 45.4. The molecule has 4 fully saturated rings. The largest absolute Gasteiger partial charge is 0.493 e. The Balaban J connectivity index is 0.000000126. The number of fused-ring (bicyclic) bond motifs is 4. The van der Waals surface area contributed by atoms with Gasteiger partial charge in [-0.3, -0.25) is 34.1 Å². The van der Waals surface area contributed by atoms with E-state index in [1.807, 2.05) is 157 Å². The van der Waals surface area contributed by atoms with Crippen LogP contribution in [-0.2, 0) is 19.6 Å². The quantitative estimate of drug-likeness (QED) is 0.0167. The van der Waals surface area contributed by atoms with Crippen LogP contribution in [0.25, 0.3) is 89.2 Å². The van der Waals surface area contributed by atoms with Crippen LogP contribution in [0.1, 0.15) is 113 Å². The zero-order chi connectivity index (χ0) is 94.0. The minimum absolute atomic E-state index is 0.00161. The van der Waals surface area contributed by atoms with Gasteiger partial charge in [0.25, 0.3) is 23.6 Å². The standard InChI is InChI=1S/C27H28N6O3.C27H30N6O3.C27H26N6O2.C20H16ClFN6O/c34-26(33-11-2-13-35-14-12-33)25-16-18-15-19(5-6-22(18)31-25)30-27-29-10-8-23(32-27)24-17-21(7-9-28-24)36-20-3-1-4-20;1-2-3-14-36-21-7-9-28-24(18-21)23-8-10-29-27(32-23)30-20-5-6-22-19(16-20)17-25(31-22)26(34)33-11-4-13-35-15-12-33;1-4-27(2,3)19-7-9-28-23(17-19)22-8-10-29-26(32-22)30-20-5-6-21-18(15-20)16-24(31-21)25(34)33-11-13-35-14-12-33;1-28(2)19(29)16-9-11-8-12(10-13(21)18(11)26-16)24-20-23-7-6-15(27-20)14-4-3-5-17(22)25-14/h5-10,15-17,20,31H,1-4,11-14H2,(H,29,30,32);5-10,16-18,31H,2-4,11-15H2,1H3,(H,29,30,32);1,5-10,15-17,31H,11-14H2,2-3H3,(H,29,30,32);3-10,26H,1-2H3,(H,23,24,27). The summed E-state index contributed by atoms with van der Waals surface area (Å²) in [6, 6.07) is 51.6. The number of aromatic amines is 4. The Bertz CT molecular complexity index is 7010. The molecule has 33 nitrogen and oxygen atoms in total. The lowest BCUT2D eigenvalue weighted by molar-refractivity contribution is 0.0299. The van der Waals surface area contributed by atoms with E-state index in [1.165, 1.54) is 17.4 Å². The zero-order valence-electron chi connectivity index (χ0n) is 75.6. The summed E-state index contributed by atoms with van der Waals surface area (Å²) in [6.45, 7) is 14.3. The number of anilines is 8. The maximum atomic E-state index is 13.4. The Morgan fingerprint density at radius 2 is 0.882 bits per heavy atom. The molecule has 4 amide bonds. The molecule has 4 aliphatic rings.